The Morgan fingerprint density at radius 2 is 1.85 bits per heavy atom. The Bertz CT molecular complexity index is 699. The number of hydrogen-bond donors (Lipinski definition) is 1. The molecule has 8 heteroatoms. The van der Waals surface area contributed by atoms with Gasteiger partial charge in [-0.3, -0.25) is 14.6 Å². The topological polar surface area (TPSA) is 81.7 Å². The van der Waals surface area contributed by atoms with E-state index in [1.807, 2.05) is 12.3 Å². The summed E-state index contributed by atoms with van der Waals surface area (Å²) in [6.45, 7) is 2.14. The third kappa shape index (κ3) is 3.38. The van der Waals surface area contributed by atoms with Gasteiger partial charge in [-0.1, -0.05) is 0 Å². The summed E-state index contributed by atoms with van der Waals surface area (Å²) in [4.78, 5) is 38.4. The van der Waals surface area contributed by atoms with Crippen molar-refractivity contribution >= 4 is 17.8 Å². The van der Waals surface area contributed by atoms with Crippen LogP contribution >= 0.6 is 0 Å². The number of anilines is 1. The molecule has 4 rings (SSSR count). The lowest BCUT2D eigenvalue weighted by atomic mass is 10.0. The van der Waals surface area contributed by atoms with Crippen LogP contribution in [0, 0.1) is 0 Å². The molecule has 1 unspecified atom stereocenters. The number of carbonyl (C=O) groups excluding carboxylic acids is 2. The lowest BCUT2D eigenvalue weighted by Gasteiger charge is -2.42. The minimum absolute atomic E-state index is 0.0932. The number of likely N-dealkylation sites (N-methyl/N-ethyl adjacent to an activating group) is 2. The summed E-state index contributed by atoms with van der Waals surface area (Å²) in [5, 5.41) is 3.53. The third-order valence-electron chi connectivity index (χ3n) is 5.61. The van der Waals surface area contributed by atoms with Crippen molar-refractivity contribution in [3.05, 3.63) is 18.1 Å². The van der Waals surface area contributed by atoms with Gasteiger partial charge in [0.25, 0.3) is 0 Å². The van der Waals surface area contributed by atoms with Crippen molar-refractivity contribution in [1.82, 2.24) is 24.7 Å². The lowest BCUT2D eigenvalue weighted by molar-refractivity contribution is -0.136. The molecule has 26 heavy (non-hydrogen) atoms. The molecule has 2 saturated heterocycles. The standard InChI is InChI=1S/C18H26N6O2/c1-22-11-14(17(25)23(2)18(22)26)24-9-6-13(7-10-24)20-15-5-8-19-16(21-15)12-3-4-12/h5,8,12-14H,3-4,6-7,9-11H2,1-2H3,(H,19,20,21). The molecule has 8 nitrogen and oxygen atoms in total. The zero-order chi connectivity index (χ0) is 18.3. The first-order valence-electron chi connectivity index (χ1n) is 9.39. The Labute approximate surface area is 153 Å². The Morgan fingerprint density at radius 1 is 1.12 bits per heavy atom. The van der Waals surface area contributed by atoms with Gasteiger partial charge in [0.2, 0.25) is 5.91 Å². The fourth-order valence-electron chi connectivity index (χ4n) is 3.82. The molecule has 2 aliphatic heterocycles. The second-order valence-electron chi connectivity index (χ2n) is 7.61. The number of imide groups is 1. The van der Waals surface area contributed by atoms with Gasteiger partial charge in [0.1, 0.15) is 17.7 Å². The third-order valence-corrected chi connectivity index (χ3v) is 5.61. The Balaban J connectivity index is 1.33. The fourth-order valence-corrected chi connectivity index (χ4v) is 3.82. The van der Waals surface area contributed by atoms with E-state index in [9.17, 15) is 9.59 Å². The van der Waals surface area contributed by atoms with Crippen LogP contribution in [0.4, 0.5) is 10.6 Å². The van der Waals surface area contributed by atoms with E-state index in [0.29, 0.717) is 18.5 Å². The van der Waals surface area contributed by atoms with E-state index in [1.54, 1.807) is 19.0 Å². The summed E-state index contributed by atoms with van der Waals surface area (Å²) in [6, 6.07) is 1.82. The van der Waals surface area contributed by atoms with Crippen molar-refractivity contribution in [2.45, 2.75) is 43.7 Å². The molecule has 1 N–H and O–H groups in total. The van der Waals surface area contributed by atoms with Crippen LogP contribution < -0.4 is 5.32 Å². The first kappa shape index (κ1) is 17.2. The molecule has 1 aromatic rings. The predicted octanol–water partition coefficient (Wildman–Crippen LogP) is 1.12. The van der Waals surface area contributed by atoms with E-state index in [1.165, 1.54) is 17.7 Å². The van der Waals surface area contributed by atoms with Gasteiger partial charge >= 0.3 is 6.03 Å². The quantitative estimate of drug-likeness (QED) is 0.869. The maximum Gasteiger partial charge on any atom is 0.326 e. The second kappa shape index (κ2) is 6.83. The zero-order valence-electron chi connectivity index (χ0n) is 15.4. The fraction of sp³-hybridized carbons (Fsp3) is 0.667. The summed E-state index contributed by atoms with van der Waals surface area (Å²) >= 11 is 0. The molecule has 0 bridgehead atoms. The maximum atomic E-state index is 12.5. The highest BCUT2D eigenvalue weighted by atomic mass is 16.2. The number of carbonyl (C=O) groups is 2. The van der Waals surface area contributed by atoms with Crippen LogP contribution in [0.25, 0.3) is 0 Å². The first-order valence-corrected chi connectivity index (χ1v) is 9.39. The number of hydrogen-bond acceptors (Lipinski definition) is 6. The van der Waals surface area contributed by atoms with Gasteiger partial charge in [-0.05, 0) is 31.7 Å². The first-order chi connectivity index (χ1) is 12.5. The number of likely N-dealkylation sites (tertiary alicyclic amines) is 1. The predicted molar refractivity (Wildman–Crippen MR) is 96.8 cm³/mol. The summed E-state index contributed by atoms with van der Waals surface area (Å²) in [6.07, 6.45) is 6.13. The van der Waals surface area contributed by atoms with Gasteiger partial charge < -0.3 is 10.2 Å². The highest BCUT2D eigenvalue weighted by Gasteiger charge is 2.39. The molecule has 3 fully saturated rings. The average Bonchev–Trinajstić information content (AvgIpc) is 3.49. The summed E-state index contributed by atoms with van der Waals surface area (Å²) < 4.78 is 0. The van der Waals surface area contributed by atoms with Crippen LogP contribution in [0.15, 0.2) is 12.3 Å². The Hall–Kier alpha value is -2.22. The molecule has 3 amide bonds. The number of aromatic nitrogens is 2. The molecule has 0 radical (unpaired) electrons. The molecule has 3 aliphatic rings. The van der Waals surface area contributed by atoms with Crippen molar-refractivity contribution in [3.8, 4) is 0 Å². The number of rotatable bonds is 4. The van der Waals surface area contributed by atoms with E-state index < -0.39 is 0 Å². The van der Waals surface area contributed by atoms with Crippen LogP contribution in [-0.4, -0.2) is 82.4 Å². The molecule has 1 aromatic heterocycles. The van der Waals surface area contributed by atoms with Gasteiger partial charge in [0.15, 0.2) is 0 Å². The Morgan fingerprint density at radius 3 is 2.54 bits per heavy atom. The van der Waals surface area contributed by atoms with E-state index in [0.717, 1.165) is 37.6 Å². The zero-order valence-corrected chi connectivity index (χ0v) is 15.4. The van der Waals surface area contributed by atoms with E-state index in [4.69, 9.17) is 0 Å². The number of amides is 3. The van der Waals surface area contributed by atoms with Crippen LogP contribution in [0.2, 0.25) is 0 Å². The number of piperidine rings is 1. The van der Waals surface area contributed by atoms with Crippen molar-refractivity contribution < 1.29 is 9.59 Å². The van der Waals surface area contributed by atoms with Gasteiger partial charge in [-0.25, -0.2) is 14.8 Å². The van der Waals surface area contributed by atoms with Gasteiger partial charge in [0.05, 0.1) is 0 Å². The van der Waals surface area contributed by atoms with Crippen molar-refractivity contribution in [3.63, 3.8) is 0 Å². The number of nitrogens with zero attached hydrogens (tertiary/aromatic N) is 5. The lowest BCUT2D eigenvalue weighted by Crippen LogP contribution is -2.62. The van der Waals surface area contributed by atoms with Crippen LogP contribution in [0.3, 0.4) is 0 Å². The largest absolute Gasteiger partial charge is 0.367 e. The van der Waals surface area contributed by atoms with Crippen molar-refractivity contribution in [2.24, 2.45) is 0 Å². The molecule has 1 saturated carbocycles. The van der Waals surface area contributed by atoms with Crippen LogP contribution in [-0.2, 0) is 4.79 Å². The van der Waals surface area contributed by atoms with Crippen molar-refractivity contribution in [2.75, 3.05) is 39.0 Å². The van der Waals surface area contributed by atoms with Gasteiger partial charge in [-0.15, -0.1) is 0 Å². The summed E-state index contributed by atoms with van der Waals surface area (Å²) in [7, 11) is 3.31. The molecular formula is C18H26N6O2. The molecule has 1 atom stereocenters. The van der Waals surface area contributed by atoms with Crippen molar-refractivity contribution in [1.29, 1.82) is 0 Å². The molecule has 3 heterocycles. The smallest absolute Gasteiger partial charge is 0.326 e. The Kier molecular flexibility index (Phi) is 4.52. The van der Waals surface area contributed by atoms with Crippen LogP contribution in [0.1, 0.15) is 37.4 Å². The van der Waals surface area contributed by atoms with Crippen LogP contribution in [0.5, 0.6) is 0 Å². The normalized spacial score (nSPS) is 25.7. The van der Waals surface area contributed by atoms with E-state index in [2.05, 4.69) is 20.2 Å². The molecule has 0 aromatic carbocycles. The monoisotopic (exact) mass is 358 g/mol. The highest BCUT2D eigenvalue weighted by molar-refractivity contribution is 5.99. The molecule has 1 aliphatic carbocycles. The molecule has 0 spiro atoms. The average molecular weight is 358 g/mol. The highest BCUT2D eigenvalue weighted by Crippen LogP contribution is 2.38. The SMILES string of the molecule is CN1CC(N2CCC(Nc3ccnc(C4CC4)n3)CC2)C(=O)N(C)C1=O. The summed E-state index contributed by atoms with van der Waals surface area (Å²) in [5.41, 5.74) is 0. The molecule has 140 valence electrons. The minimum atomic E-state index is -0.232. The van der Waals surface area contributed by atoms with Gasteiger partial charge in [-0.2, -0.15) is 0 Å². The van der Waals surface area contributed by atoms with E-state index in [-0.39, 0.29) is 18.0 Å². The molecular weight excluding hydrogens is 332 g/mol. The maximum absolute atomic E-state index is 12.5. The second-order valence-corrected chi connectivity index (χ2v) is 7.61. The number of urea groups is 1. The number of nitrogens with one attached hydrogen (secondary N) is 1. The van der Waals surface area contributed by atoms with Gasteiger partial charge in [0, 0.05) is 51.9 Å². The van der Waals surface area contributed by atoms with E-state index >= 15 is 0 Å². The minimum Gasteiger partial charge on any atom is -0.367 e. The summed E-state index contributed by atoms with van der Waals surface area (Å²) in [5.74, 6) is 2.31.